The quantitative estimate of drug-likeness (QED) is 0.674. The highest BCUT2D eigenvalue weighted by atomic mass is 79.9. The fourth-order valence-electron chi connectivity index (χ4n) is 1.62. The minimum Gasteiger partial charge on any atom is -0.406 e. The molecule has 1 aromatic rings. The molecule has 5 heteroatoms. The second kappa shape index (κ2) is 6.16. The van der Waals surface area contributed by atoms with Crippen molar-refractivity contribution < 1.29 is 17.9 Å². The molecule has 0 saturated heterocycles. The fraction of sp³-hybridized carbons (Fsp3) is 0.571. The maximum absolute atomic E-state index is 12.1. The third-order valence-electron chi connectivity index (χ3n) is 2.76. The van der Waals surface area contributed by atoms with Crippen molar-refractivity contribution in [3.8, 4) is 5.75 Å². The summed E-state index contributed by atoms with van der Waals surface area (Å²) in [5.41, 5.74) is 0.968. The zero-order chi connectivity index (χ0) is 14.7. The van der Waals surface area contributed by atoms with E-state index in [2.05, 4.69) is 41.4 Å². The first kappa shape index (κ1) is 16.3. The van der Waals surface area contributed by atoms with Gasteiger partial charge in [0.2, 0.25) is 0 Å². The van der Waals surface area contributed by atoms with Crippen LogP contribution in [0.3, 0.4) is 0 Å². The molecule has 0 amide bonds. The number of benzene rings is 1. The Labute approximate surface area is 120 Å². The maximum atomic E-state index is 12.1. The van der Waals surface area contributed by atoms with Crippen LogP contribution in [0.25, 0.3) is 0 Å². The van der Waals surface area contributed by atoms with Gasteiger partial charge in [-0.15, -0.1) is 13.2 Å². The Morgan fingerprint density at radius 2 is 1.84 bits per heavy atom. The van der Waals surface area contributed by atoms with E-state index in [1.165, 1.54) is 12.1 Å². The van der Waals surface area contributed by atoms with Gasteiger partial charge < -0.3 is 4.74 Å². The van der Waals surface area contributed by atoms with Gasteiger partial charge in [0.15, 0.2) is 0 Å². The molecule has 0 aliphatic heterocycles. The molecule has 0 N–H and O–H groups in total. The lowest BCUT2D eigenvalue weighted by molar-refractivity contribution is -0.274. The van der Waals surface area contributed by atoms with Gasteiger partial charge in [0.1, 0.15) is 5.75 Å². The van der Waals surface area contributed by atoms with Crippen LogP contribution in [-0.4, -0.2) is 11.2 Å². The van der Waals surface area contributed by atoms with Crippen LogP contribution in [0.5, 0.6) is 5.75 Å². The minimum atomic E-state index is -4.64. The van der Waals surface area contributed by atoms with Crippen molar-refractivity contribution in [2.75, 3.05) is 0 Å². The second-order valence-corrected chi connectivity index (χ2v) is 6.67. The van der Waals surface area contributed by atoms with Gasteiger partial charge in [-0.25, -0.2) is 0 Å². The van der Waals surface area contributed by atoms with Gasteiger partial charge in [0.25, 0.3) is 0 Å². The number of hydrogen-bond acceptors (Lipinski definition) is 1. The zero-order valence-electron chi connectivity index (χ0n) is 11.2. The molecule has 1 rings (SSSR count). The summed E-state index contributed by atoms with van der Waals surface area (Å²) in [6, 6.07) is 6.14. The first-order chi connectivity index (χ1) is 8.58. The molecule has 0 fully saturated rings. The minimum absolute atomic E-state index is 0.125. The summed E-state index contributed by atoms with van der Waals surface area (Å²) in [6.07, 6.45) is -3.07. The maximum Gasteiger partial charge on any atom is 0.573 e. The van der Waals surface area contributed by atoms with Crippen molar-refractivity contribution in [1.29, 1.82) is 0 Å². The van der Waals surface area contributed by atoms with Gasteiger partial charge in [0.05, 0.1) is 0 Å². The number of aryl methyl sites for hydroxylation is 1. The van der Waals surface area contributed by atoms with Crippen LogP contribution < -0.4 is 4.74 Å². The van der Waals surface area contributed by atoms with E-state index < -0.39 is 6.36 Å². The van der Waals surface area contributed by atoms with E-state index in [0.29, 0.717) is 11.2 Å². The van der Waals surface area contributed by atoms with Crippen LogP contribution in [0.15, 0.2) is 24.3 Å². The van der Waals surface area contributed by atoms with Crippen LogP contribution in [-0.2, 0) is 6.42 Å². The van der Waals surface area contributed by atoms with E-state index in [4.69, 9.17) is 0 Å². The molecular weight excluding hydrogens is 321 g/mol. The first-order valence-corrected chi connectivity index (χ1v) is 6.98. The van der Waals surface area contributed by atoms with Gasteiger partial charge >= 0.3 is 6.36 Å². The van der Waals surface area contributed by atoms with E-state index in [9.17, 15) is 13.2 Å². The fourth-order valence-corrected chi connectivity index (χ4v) is 1.85. The summed E-state index contributed by atoms with van der Waals surface area (Å²) in [7, 11) is 0. The Morgan fingerprint density at radius 1 is 1.21 bits per heavy atom. The zero-order valence-corrected chi connectivity index (χ0v) is 12.8. The predicted molar refractivity (Wildman–Crippen MR) is 73.6 cm³/mol. The lowest BCUT2D eigenvalue weighted by Gasteiger charge is -2.25. The summed E-state index contributed by atoms with van der Waals surface area (Å²) in [5, 5.41) is 0. The van der Waals surface area contributed by atoms with Crippen molar-refractivity contribution >= 4 is 15.9 Å². The van der Waals surface area contributed by atoms with Gasteiger partial charge in [-0.05, 0) is 36.0 Å². The average Bonchev–Trinajstić information content (AvgIpc) is 2.22. The summed E-state index contributed by atoms with van der Waals surface area (Å²) >= 11 is 3.61. The van der Waals surface area contributed by atoms with E-state index in [1.54, 1.807) is 6.07 Å². The molecule has 19 heavy (non-hydrogen) atoms. The van der Waals surface area contributed by atoms with Gasteiger partial charge in [-0.1, -0.05) is 48.8 Å². The average molecular weight is 339 g/mol. The van der Waals surface area contributed by atoms with E-state index in [1.807, 2.05) is 6.07 Å². The number of rotatable bonds is 4. The molecule has 0 aliphatic carbocycles. The number of alkyl halides is 4. The first-order valence-electron chi connectivity index (χ1n) is 6.07. The van der Waals surface area contributed by atoms with Crippen LogP contribution >= 0.6 is 15.9 Å². The molecule has 0 aromatic heterocycles. The van der Waals surface area contributed by atoms with Gasteiger partial charge in [0, 0.05) is 4.83 Å². The SMILES string of the molecule is CC(C)(C)C(Br)CCc1cccc(OC(F)(F)F)c1. The smallest absolute Gasteiger partial charge is 0.406 e. The molecule has 0 heterocycles. The molecule has 0 saturated carbocycles. The van der Waals surface area contributed by atoms with E-state index in [0.717, 1.165) is 12.0 Å². The summed E-state index contributed by atoms with van der Waals surface area (Å²) in [4.78, 5) is 0.312. The normalized spacial score (nSPS) is 14.3. The molecular formula is C14H18BrF3O. The summed E-state index contributed by atoms with van der Waals surface area (Å²) in [5.74, 6) is -0.160. The molecule has 0 spiro atoms. The Balaban J connectivity index is 2.63. The molecule has 1 unspecified atom stereocenters. The van der Waals surface area contributed by atoms with E-state index in [-0.39, 0.29) is 11.2 Å². The van der Waals surface area contributed by atoms with Crippen molar-refractivity contribution in [2.24, 2.45) is 5.41 Å². The number of ether oxygens (including phenoxy) is 1. The molecule has 1 atom stereocenters. The predicted octanol–water partition coefficient (Wildman–Crippen LogP) is 5.33. The molecule has 0 radical (unpaired) electrons. The lowest BCUT2D eigenvalue weighted by Crippen LogP contribution is -2.20. The molecule has 0 bridgehead atoms. The van der Waals surface area contributed by atoms with Crippen molar-refractivity contribution in [1.82, 2.24) is 0 Å². The highest BCUT2D eigenvalue weighted by Gasteiger charge is 2.31. The topological polar surface area (TPSA) is 9.23 Å². The Bertz CT molecular complexity index is 410. The van der Waals surface area contributed by atoms with Crippen molar-refractivity contribution in [3.63, 3.8) is 0 Å². The second-order valence-electron chi connectivity index (χ2n) is 5.57. The largest absolute Gasteiger partial charge is 0.573 e. The van der Waals surface area contributed by atoms with Crippen molar-refractivity contribution in [2.45, 2.75) is 44.8 Å². The Kier molecular flexibility index (Phi) is 5.30. The highest BCUT2D eigenvalue weighted by Crippen LogP contribution is 2.30. The van der Waals surface area contributed by atoms with Crippen molar-refractivity contribution in [3.05, 3.63) is 29.8 Å². The lowest BCUT2D eigenvalue weighted by atomic mass is 9.89. The molecule has 108 valence electrons. The van der Waals surface area contributed by atoms with Crippen LogP contribution in [0, 0.1) is 5.41 Å². The van der Waals surface area contributed by atoms with Crippen LogP contribution in [0.2, 0.25) is 0 Å². The summed E-state index contributed by atoms with van der Waals surface area (Å²) in [6.45, 7) is 6.36. The van der Waals surface area contributed by atoms with Crippen LogP contribution in [0.4, 0.5) is 13.2 Å². The molecule has 1 nitrogen and oxygen atoms in total. The van der Waals surface area contributed by atoms with Gasteiger partial charge in [-0.2, -0.15) is 0 Å². The summed E-state index contributed by atoms with van der Waals surface area (Å²) < 4.78 is 40.2. The monoisotopic (exact) mass is 338 g/mol. The van der Waals surface area contributed by atoms with Gasteiger partial charge in [-0.3, -0.25) is 0 Å². The van der Waals surface area contributed by atoms with Crippen LogP contribution in [0.1, 0.15) is 32.8 Å². The third kappa shape index (κ3) is 6.32. The Hall–Kier alpha value is -0.710. The highest BCUT2D eigenvalue weighted by molar-refractivity contribution is 9.09. The molecule has 1 aromatic carbocycles. The molecule has 0 aliphatic rings. The Morgan fingerprint density at radius 3 is 2.37 bits per heavy atom. The van der Waals surface area contributed by atoms with E-state index >= 15 is 0 Å². The number of hydrogen-bond donors (Lipinski definition) is 0. The number of halogens is 4. The third-order valence-corrected chi connectivity index (χ3v) is 4.59. The standard InChI is InChI=1S/C14H18BrF3O/c1-13(2,3)12(15)8-7-10-5-4-6-11(9-10)19-14(16,17)18/h4-6,9,12H,7-8H2,1-3H3.